The van der Waals surface area contributed by atoms with E-state index in [4.69, 9.17) is 10.5 Å². The van der Waals surface area contributed by atoms with Gasteiger partial charge in [0.05, 0.1) is 20.8 Å². The van der Waals surface area contributed by atoms with Gasteiger partial charge in [0.25, 0.3) is 7.82 Å². The van der Waals surface area contributed by atoms with Crippen LogP contribution in [0.2, 0.25) is 0 Å². The molecule has 1 saturated heterocycles. The molecule has 150 valence electrons. The van der Waals surface area contributed by atoms with Crippen molar-refractivity contribution in [2.45, 2.75) is 24.5 Å². The van der Waals surface area contributed by atoms with Crippen molar-refractivity contribution in [2.24, 2.45) is 0 Å². The zero-order valence-electron chi connectivity index (χ0n) is 16.1. The Morgan fingerprint density at radius 3 is 2.37 bits per heavy atom. The molecule has 2 aromatic heterocycles. The Kier molecular flexibility index (Phi) is 11.5. The number of phosphoric acid groups is 2. The third-order valence-corrected chi connectivity index (χ3v) is 5.66. The van der Waals surface area contributed by atoms with E-state index >= 15 is 0 Å². The molecule has 1 aliphatic heterocycles. The summed E-state index contributed by atoms with van der Waals surface area (Å²) in [6.07, 6.45) is -3.48. The van der Waals surface area contributed by atoms with Gasteiger partial charge in [-0.2, -0.15) is 0 Å². The summed E-state index contributed by atoms with van der Waals surface area (Å²) in [6.45, 7) is -0.931. The number of aliphatic hydroxyl groups excluding tert-OH is 2. The summed E-state index contributed by atoms with van der Waals surface area (Å²) >= 11 is 0. The number of imidazole rings is 1. The smallest absolute Gasteiger partial charge is 0.790 e. The molecule has 0 aromatic carbocycles. The molecule has 0 bridgehead atoms. The number of nitrogens with zero attached hydrogens (tertiary/aromatic N) is 4. The van der Waals surface area contributed by atoms with Crippen molar-refractivity contribution in [1.82, 2.24) is 19.5 Å². The van der Waals surface area contributed by atoms with E-state index in [1.165, 1.54) is 10.9 Å². The fourth-order valence-electron chi connectivity index (χ4n) is 2.46. The van der Waals surface area contributed by atoms with Crippen molar-refractivity contribution in [3.8, 4) is 0 Å². The standard InChI is InChI=1S/C10H15N5O10P2.3Li/c11-8-5-9(13-2-12-8)15(3-14-5)10-7(17)6(16)4(24-10)1-23-27(21,22)25-26(18,19)20;;;/h2-4,6-7,10,16-17H,1H2,(H,21,22)(H2,11,12,13)(H2,18,19,20);;;/q;3*+1/p-3/t4-,6?,7?,10-;;;/m1.../s1. The van der Waals surface area contributed by atoms with Crippen LogP contribution in [0.4, 0.5) is 5.82 Å². The quantitative estimate of drug-likeness (QED) is 0.276. The molecule has 20 heteroatoms. The van der Waals surface area contributed by atoms with Crippen molar-refractivity contribution in [1.29, 1.82) is 0 Å². The van der Waals surface area contributed by atoms with Gasteiger partial charge in [0, 0.05) is 0 Å². The second-order valence-corrected chi connectivity index (χ2v) is 8.10. The normalized spacial score (nSPS) is 25.6. The molecule has 4 N–H and O–H groups in total. The number of anilines is 1. The molecule has 3 rings (SSSR count). The van der Waals surface area contributed by atoms with Crippen LogP contribution in [0, 0.1) is 0 Å². The van der Waals surface area contributed by atoms with Crippen LogP contribution < -0.4 is 77.0 Å². The largest absolute Gasteiger partial charge is 1.00 e. The Morgan fingerprint density at radius 1 is 1.13 bits per heavy atom. The van der Waals surface area contributed by atoms with Gasteiger partial charge < -0.3 is 44.5 Å². The van der Waals surface area contributed by atoms with Crippen LogP contribution in [0.1, 0.15) is 6.23 Å². The Bertz CT molecular complexity index is 946. The fraction of sp³-hybridized carbons (Fsp3) is 0.500. The molecule has 0 amide bonds. The number of phosphoric ester groups is 1. The van der Waals surface area contributed by atoms with Crippen LogP contribution in [0.25, 0.3) is 11.2 Å². The summed E-state index contributed by atoms with van der Waals surface area (Å²) < 4.78 is 35.7. The zero-order valence-corrected chi connectivity index (χ0v) is 17.9. The van der Waals surface area contributed by atoms with Crippen LogP contribution in [0.15, 0.2) is 12.7 Å². The van der Waals surface area contributed by atoms with E-state index in [-0.39, 0.29) is 73.6 Å². The SMILES string of the molecule is Nc1ncnc2c1ncn2[C@@H]1O[C@H](COP(=O)([O-])OP(=O)([O-])[O-])C(O)C1O.[Li+].[Li+].[Li+]. The summed E-state index contributed by atoms with van der Waals surface area (Å²) in [4.78, 5) is 43.7. The van der Waals surface area contributed by atoms with Crippen LogP contribution in [0.3, 0.4) is 0 Å². The molecule has 2 aromatic rings. The Hall–Kier alpha value is 0.282. The van der Waals surface area contributed by atoms with Gasteiger partial charge in [-0.1, -0.05) is 0 Å². The van der Waals surface area contributed by atoms with Crippen molar-refractivity contribution < 1.29 is 104 Å². The summed E-state index contributed by atoms with van der Waals surface area (Å²) in [7, 11) is -11.4. The molecule has 3 unspecified atom stereocenters. The predicted octanol–water partition coefficient (Wildman–Crippen LogP) is -12.6. The van der Waals surface area contributed by atoms with Gasteiger partial charge in [0.2, 0.25) is 0 Å². The maximum atomic E-state index is 11.3. The molecule has 5 atom stereocenters. The van der Waals surface area contributed by atoms with Gasteiger partial charge in [0.15, 0.2) is 17.7 Å². The third-order valence-electron chi connectivity index (χ3n) is 3.60. The van der Waals surface area contributed by atoms with E-state index in [0.717, 1.165) is 6.33 Å². The van der Waals surface area contributed by atoms with Crippen LogP contribution in [-0.4, -0.2) is 54.7 Å². The molecular weight excluding hydrogens is 433 g/mol. The van der Waals surface area contributed by atoms with Crippen LogP contribution in [-0.2, 0) is 22.7 Å². The number of rotatable bonds is 6. The van der Waals surface area contributed by atoms with E-state index in [0.29, 0.717) is 0 Å². The average Bonchev–Trinajstić information content (AvgIpc) is 3.07. The van der Waals surface area contributed by atoms with E-state index in [9.17, 15) is 34.0 Å². The molecule has 0 aliphatic carbocycles. The first kappa shape index (κ1) is 30.3. The minimum atomic E-state index is -5.85. The summed E-state index contributed by atoms with van der Waals surface area (Å²) in [5, 5.41) is 20.2. The second kappa shape index (κ2) is 11.4. The molecular formula is C10H12Li3N5O10P2. The topological polar surface area (TPSA) is 241 Å². The number of hydrogen-bond donors (Lipinski definition) is 3. The van der Waals surface area contributed by atoms with E-state index < -0.39 is 46.8 Å². The molecule has 3 heterocycles. The Balaban J connectivity index is 0.00000280. The summed E-state index contributed by atoms with van der Waals surface area (Å²) in [5.74, 6) is 0.0655. The van der Waals surface area contributed by atoms with Gasteiger partial charge in [-0.3, -0.25) is 13.4 Å². The maximum Gasteiger partial charge on any atom is 1.00 e. The van der Waals surface area contributed by atoms with Gasteiger partial charge in [0.1, 0.15) is 30.2 Å². The molecule has 1 aliphatic rings. The number of aliphatic hydroxyl groups is 2. The van der Waals surface area contributed by atoms with Crippen LogP contribution >= 0.6 is 15.6 Å². The minimum Gasteiger partial charge on any atom is -0.790 e. The maximum absolute atomic E-state index is 11.3. The van der Waals surface area contributed by atoms with Gasteiger partial charge >= 0.3 is 56.6 Å². The van der Waals surface area contributed by atoms with Crippen molar-refractivity contribution in [3.05, 3.63) is 12.7 Å². The van der Waals surface area contributed by atoms with Crippen LogP contribution in [0.5, 0.6) is 0 Å². The van der Waals surface area contributed by atoms with E-state index in [1.54, 1.807) is 0 Å². The van der Waals surface area contributed by atoms with E-state index in [1.807, 2.05) is 0 Å². The number of aromatic nitrogens is 4. The molecule has 30 heavy (non-hydrogen) atoms. The van der Waals surface area contributed by atoms with Crippen molar-refractivity contribution in [2.75, 3.05) is 12.3 Å². The first-order valence-electron chi connectivity index (χ1n) is 7.12. The van der Waals surface area contributed by atoms with Gasteiger partial charge in [-0.15, -0.1) is 0 Å². The Morgan fingerprint density at radius 2 is 1.77 bits per heavy atom. The number of nitrogen functional groups attached to an aromatic ring is 1. The number of hydrogen-bond acceptors (Lipinski definition) is 14. The second-order valence-electron chi connectivity index (χ2n) is 5.40. The zero-order chi connectivity index (χ0) is 20.0. The average molecular weight is 445 g/mol. The van der Waals surface area contributed by atoms with Gasteiger partial charge in [-0.05, 0) is 0 Å². The molecule has 1 fully saturated rings. The monoisotopic (exact) mass is 445 g/mol. The molecule has 0 radical (unpaired) electrons. The minimum absolute atomic E-state index is 0. The number of ether oxygens (including phenoxy) is 1. The predicted molar refractivity (Wildman–Crippen MR) is 77.9 cm³/mol. The van der Waals surface area contributed by atoms with Crippen molar-refractivity contribution >= 4 is 32.6 Å². The number of nitrogens with two attached hydrogens (primary N) is 1. The fourth-order valence-corrected chi connectivity index (χ4v) is 3.96. The van der Waals surface area contributed by atoms with E-state index in [2.05, 4.69) is 23.8 Å². The molecule has 0 saturated carbocycles. The number of fused-ring (bicyclic) bond motifs is 1. The van der Waals surface area contributed by atoms with Gasteiger partial charge in [-0.25, -0.2) is 15.0 Å². The molecule has 15 nitrogen and oxygen atoms in total. The first-order chi connectivity index (χ1) is 12.5. The summed E-state index contributed by atoms with van der Waals surface area (Å²) in [5.41, 5.74) is 6.04. The third kappa shape index (κ3) is 6.89. The van der Waals surface area contributed by atoms with Crippen molar-refractivity contribution in [3.63, 3.8) is 0 Å². The molecule has 0 spiro atoms. The Labute approximate surface area is 205 Å². The first-order valence-corrected chi connectivity index (χ1v) is 10.0. The summed E-state index contributed by atoms with van der Waals surface area (Å²) in [6, 6.07) is 0.